The van der Waals surface area contributed by atoms with Crippen LogP contribution in [0.25, 0.3) is 22.3 Å². The van der Waals surface area contributed by atoms with Gasteiger partial charge < -0.3 is 0 Å². The van der Waals surface area contributed by atoms with E-state index >= 15 is 0 Å². The first-order valence-electron chi connectivity index (χ1n) is 7.01. The summed E-state index contributed by atoms with van der Waals surface area (Å²) in [5, 5.41) is 18.7. The Morgan fingerprint density at radius 1 is 0.609 bits per heavy atom. The molecule has 0 spiro atoms. The number of benzene rings is 3. The van der Waals surface area contributed by atoms with Crippen molar-refractivity contribution in [1.29, 1.82) is 10.5 Å². The minimum Gasteiger partial charge on any atom is -0.192 e. The van der Waals surface area contributed by atoms with E-state index in [9.17, 15) is 0 Å². The zero-order chi connectivity index (χ0) is 16.2. The molecule has 108 valence electrons. The maximum absolute atomic E-state index is 9.05. The summed E-state index contributed by atoms with van der Waals surface area (Å²) in [5.74, 6) is 0. The van der Waals surface area contributed by atoms with E-state index in [0.29, 0.717) is 16.1 Å². The quantitative estimate of drug-likeness (QED) is 0.634. The molecule has 0 aliphatic rings. The third kappa shape index (κ3) is 3.24. The first-order chi connectivity index (χ1) is 11.2. The van der Waals surface area contributed by atoms with Crippen LogP contribution < -0.4 is 0 Å². The summed E-state index contributed by atoms with van der Waals surface area (Å²) in [5.41, 5.74) is 4.96. The van der Waals surface area contributed by atoms with Crippen molar-refractivity contribution >= 4 is 11.6 Å². The van der Waals surface area contributed by atoms with Crippen molar-refractivity contribution < 1.29 is 0 Å². The van der Waals surface area contributed by atoms with E-state index in [1.54, 1.807) is 12.1 Å². The zero-order valence-corrected chi connectivity index (χ0v) is 12.9. The fourth-order valence-corrected chi connectivity index (χ4v) is 2.69. The van der Waals surface area contributed by atoms with Gasteiger partial charge in [-0.15, -0.1) is 0 Å². The van der Waals surface area contributed by atoms with Gasteiger partial charge in [0.2, 0.25) is 0 Å². The Morgan fingerprint density at radius 2 is 1.09 bits per heavy atom. The molecule has 3 rings (SSSR count). The Hall–Kier alpha value is -3.07. The Bertz CT molecular complexity index is 886. The molecule has 0 aromatic heterocycles. The summed E-state index contributed by atoms with van der Waals surface area (Å²) in [6.45, 7) is 0. The second kappa shape index (κ2) is 6.36. The Balaban J connectivity index is 2.12. The van der Waals surface area contributed by atoms with Gasteiger partial charge in [-0.3, -0.25) is 0 Å². The normalized spacial score (nSPS) is 9.87. The molecule has 0 fully saturated rings. The number of nitriles is 2. The van der Waals surface area contributed by atoms with Crippen molar-refractivity contribution in [3.05, 3.63) is 82.9 Å². The molecule has 0 aliphatic heterocycles. The van der Waals surface area contributed by atoms with Gasteiger partial charge in [0.25, 0.3) is 0 Å². The van der Waals surface area contributed by atoms with Gasteiger partial charge in [-0.05, 0) is 64.7 Å². The minimum atomic E-state index is 0.607. The Kier molecular flexibility index (Phi) is 4.11. The maximum Gasteiger partial charge on any atom is 0.0991 e. The van der Waals surface area contributed by atoms with Gasteiger partial charge in [0.1, 0.15) is 0 Å². The molecule has 0 aliphatic carbocycles. The van der Waals surface area contributed by atoms with Crippen LogP contribution in [0.1, 0.15) is 11.1 Å². The smallest absolute Gasteiger partial charge is 0.0991 e. The topological polar surface area (TPSA) is 47.6 Å². The van der Waals surface area contributed by atoms with Gasteiger partial charge in [-0.25, -0.2) is 0 Å². The number of rotatable bonds is 2. The molecule has 0 N–H and O–H groups in total. The van der Waals surface area contributed by atoms with Crippen LogP contribution in [0, 0.1) is 22.7 Å². The van der Waals surface area contributed by atoms with Crippen molar-refractivity contribution in [1.82, 2.24) is 0 Å². The number of hydrogen-bond acceptors (Lipinski definition) is 2. The van der Waals surface area contributed by atoms with Crippen molar-refractivity contribution in [2.45, 2.75) is 0 Å². The first kappa shape index (κ1) is 14.9. The zero-order valence-electron chi connectivity index (χ0n) is 12.1. The third-order valence-electron chi connectivity index (χ3n) is 3.55. The average molecular weight is 315 g/mol. The fourth-order valence-electron chi connectivity index (χ4n) is 2.46. The number of halogens is 1. The van der Waals surface area contributed by atoms with Crippen molar-refractivity contribution in [3.8, 4) is 34.4 Å². The Labute approximate surface area is 139 Å². The van der Waals surface area contributed by atoms with E-state index in [2.05, 4.69) is 12.1 Å². The molecule has 0 radical (unpaired) electrons. The number of hydrogen-bond donors (Lipinski definition) is 0. The van der Waals surface area contributed by atoms with Gasteiger partial charge in [0, 0.05) is 5.02 Å². The van der Waals surface area contributed by atoms with Crippen LogP contribution in [0.5, 0.6) is 0 Å². The van der Waals surface area contributed by atoms with Crippen LogP contribution in [0.4, 0.5) is 0 Å². The maximum atomic E-state index is 9.05. The van der Waals surface area contributed by atoms with E-state index in [1.165, 1.54) is 0 Å². The molecule has 3 aromatic rings. The van der Waals surface area contributed by atoms with Crippen LogP contribution >= 0.6 is 11.6 Å². The van der Waals surface area contributed by atoms with E-state index in [4.69, 9.17) is 22.1 Å². The monoisotopic (exact) mass is 314 g/mol. The summed E-state index contributed by atoms with van der Waals surface area (Å²) in [6, 6.07) is 24.8. The lowest BCUT2D eigenvalue weighted by molar-refractivity contribution is 1.48. The molecule has 0 bridgehead atoms. The van der Waals surface area contributed by atoms with Gasteiger partial charge in [-0.2, -0.15) is 10.5 Å². The van der Waals surface area contributed by atoms with Crippen molar-refractivity contribution in [2.75, 3.05) is 0 Å². The van der Waals surface area contributed by atoms with E-state index in [0.717, 1.165) is 22.3 Å². The highest BCUT2D eigenvalue weighted by molar-refractivity contribution is 6.31. The average Bonchev–Trinajstić information content (AvgIpc) is 2.61. The molecule has 0 saturated carbocycles. The molecule has 0 unspecified atom stereocenters. The van der Waals surface area contributed by atoms with Gasteiger partial charge in [-0.1, -0.05) is 35.9 Å². The summed E-state index contributed by atoms with van der Waals surface area (Å²) in [4.78, 5) is 0. The van der Waals surface area contributed by atoms with Crippen LogP contribution in [0.3, 0.4) is 0 Å². The molecular weight excluding hydrogens is 304 g/mol. The van der Waals surface area contributed by atoms with Crippen LogP contribution in [-0.4, -0.2) is 0 Å². The fraction of sp³-hybridized carbons (Fsp3) is 0. The SMILES string of the molecule is N#Cc1cccc(-c2cc(Cl)cc(-c3cccc(C#N)c3)c2)c1. The lowest BCUT2D eigenvalue weighted by Crippen LogP contribution is -1.85. The second-order valence-corrected chi connectivity index (χ2v) is 5.55. The summed E-state index contributed by atoms with van der Waals surface area (Å²) in [7, 11) is 0. The summed E-state index contributed by atoms with van der Waals surface area (Å²) < 4.78 is 0. The van der Waals surface area contributed by atoms with E-state index in [-0.39, 0.29) is 0 Å². The van der Waals surface area contributed by atoms with E-state index in [1.807, 2.05) is 54.6 Å². The third-order valence-corrected chi connectivity index (χ3v) is 3.77. The predicted octanol–water partition coefficient (Wildman–Crippen LogP) is 5.42. The van der Waals surface area contributed by atoms with Gasteiger partial charge >= 0.3 is 0 Å². The second-order valence-electron chi connectivity index (χ2n) is 5.11. The van der Waals surface area contributed by atoms with Crippen molar-refractivity contribution in [3.63, 3.8) is 0 Å². The molecule has 23 heavy (non-hydrogen) atoms. The molecular formula is C20H11ClN2. The highest BCUT2D eigenvalue weighted by Crippen LogP contribution is 2.31. The van der Waals surface area contributed by atoms with Gasteiger partial charge in [0.15, 0.2) is 0 Å². The lowest BCUT2D eigenvalue weighted by Gasteiger charge is -2.08. The molecule has 0 heterocycles. The van der Waals surface area contributed by atoms with Crippen molar-refractivity contribution in [2.24, 2.45) is 0 Å². The van der Waals surface area contributed by atoms with Gasteiger partial charge in [0.05, 0.1) is 23.3 Å². The minimum absolute atomic E-state index is 0.607. The molecule has 0 atom stereocenters. The Morgan fingerprint density at radius 3 is 1.52 bits per heavy atom. The van der Waals surface area contributed by atoms with Crippen LogP contribution in [0.15, 0.2) is 66.7 Å². The summed E-state index contributed by atoms with van der Waals surface area (Å²) in [6.07, 6.45) is 0. The molecule has 2 nitrogen and oxygen atoms in total. The lowest BCUT2D eigenvalue weighted by atomic mass is 9.97. The first-order valence-corrected chi connectivity index (χ1v) is 7.39. The van der Waals surface area contributed by atoms with Crippen LogP contribution in [-0.2, 0) is 0 Å². The highest BCUT2D eigenvalue weighted by atomic mass is 35.5. The molecule has 0 amide bonds. The largest absolute Gasteiger partial charge is 0.192 e. The standard InChI is InChI=1S/C20H11ClN2/c21-20-10-18(16-5-1-3-14(7-16)12-22)9-19(11-20)17-6-2-4-15(8-17)13-23/h1-11H. The predicted molar refractivity (Wildman–Crippen MR) is 91.8 cm³/mol. The molecule has 0 saturated heterocycles. The summed E-state index contributed by atoms with van der Waals surface area (Å²) >= 11 is 6.27. The van der Waals surface area contributed by atoms with Crippen LogP contribution in [0.2, 0.25) is 5.02 Å². The van der Waals surface area contributed by atoms with E-state index < -0.39 is 0 Å². The molecule has 3 heteroatoms. The number of nitrogens with zero attached hydrogens (tertiary/aromatic N) is 2. The molecule has 3 aromatic carbocycles. The highest BCUT2D eigenvalue weighted by Gasteiger charge is 2.06.